The molecule has 7 nitrogen and oxygen atoms in total. The Balaban J connectivity index is 1.41. The minimum atomic E-state index is -3.75. The molecule has 2 heterocycles. The molecule has 1 fully saturated rings. The number of hydrogen-bond donors (Lipinski definition) is 2. The Morgan fingerprint density at radius 2 is 1.90 bits per heavy atom. The number of allylic oxidation sites excluding steroid dienone is 2. The molecule has 2 bridgehead atoms. The van der Waals surface area contributed by atoms with Gasteiger partial charge in [0.1, 0.15) is 11.5 Å². The van der Waals surface area contributed by atoms with Gasteiger partial charge in [0.15, 0.2) is 0 Å². The summed E-state index contributed by atoms with van der Waals surface area (Å²) in [6, 6.07) is 8.90. The number of halogens is 1. The number of phenolic OH excluding ortho intramolecular Hbond substituents is 1. The number of benzene rings is 2. The second kappa shape index (κ2) is 10.4. The Kier molecular flexibility index (Phi) is 7.04. The molecule has 9 heteroatoms. The summed E-state index contributed by atoms with van der Waals surface area (Å²) in [6.45, 7) is 1.97. The largest absolute Gasteiger partial charge is 0.506 e. The first-order chi connectivity index (χ1) is 18.7. The molecule has 0 saturated heterocycles. The first-order valence-corrected chi connectivity index (χ1v) is 16.0. The Morgan fingerprint density at radius 1 is 1.08 bits per heavy atom. The maximum atomic E-state index is 13.0. The minimum Gasteiger partial charge on any atom is -0.506 e. The predicted molar refractivity (Wildman–Crippen MR) is 152 cm³/mol. The highest BCUT2D eigenvalue weighted by atomic mass is 35.5. The summed E-state index contributed by atoms with van der Waals surface area (Å²) < 4.78 is 33.8. The summed E-state index contributed by atoms with van der Waals surface area (Å²) in [6.07, 6.45) is 11.6. The van der Waals surface area contributed by atoms with Gasteiger partial charge in [-0.1, -0.05) is 23.8 Å². The molecule has 2 aromatic carbocycles. The van der Waals surface area contributed by atoms with Gasteiger partial charge in [-0.3, -0.25) is 4.79 Å². The fourth-order valence-corrected chi connectivity index (χ4v) is 7.97. The van der Waals surface area contributed by atoms with Crippen molar-refractivity contribution in [2.75, 3.05) is 30.3 Å². The zero-order valence-electron chi connectivity index (χ0n) is 22.0. The van der Waals surface area contributed by atoms with E-state index < -0.39 is 15.9 Å². The third kappa shape index (κ3) is 5.25. The number of sulfonamides is 1. The zero-order valence-corrected chi connectivity index (χ0v) is 23.6. The number of carbonyl (C=O) groups excluding carboxylic acids is 1. The molecule has 2 N–H and O–H groups in total. The van der Waals surface area contributed by atoms with Crippen molar-refractivity contribution in [3.63, 3.8) is 0 Å². The number of aromatic hydroxyl groups is 1. The SMILES string of the molecule is O=C1NS(=O)(=O)CCC=CCC[C@@H]2CC[C@H]2CN2C[C@@]3(CCCc4cc(Cl)c(O)cc43)COc3ccc1cc32. The number of nitrogens with zero attached hydrogens (tertiary/aromatic N) is 1. The maximum absolute atomic E-state index is 13.0. The van der Waals surface area contributed by atoms with Crippen LogP contribution in [0.25, 0.3) is 0 Å². The summed E-state index contributed by atoms with van der Waals surface area (Å²) in [5.41, 5.74) is 2.99. The van der Waals surface area contributed by atoms with Gasteiger partial charge in [0.05, 0.1) is 23.1 Å². The lowest BCUT2D eigenvalue weighted by Crippen LogP contribution is -2.48. The third-order valence-corrected chi connectivity index (χ3v) is 10.7. The van der Waals surface area contributed by atoms with Crippen LogP contribution in [0.5, 0.6) is 11.5 Å². The van der Waals surface area contributed by atoms with Crippen LogP contribution in [0.3, 0.4) is 0 Å². The topological polar surface area (TPSA) is 95.9 Å². The molecule has 3 atom stereocenters. The van der Waals surface area contributed by atoms with Gasteiger partial charge in [-0.25, -0.2) is 13.1 Å². The molecule has 1 saturated carbocycles. The van der Waals surface area contributed by atoms with E-state index in [4.69, 9.17) is 16.3 Å². The van der Waals surface area contributed by atoms with Crippen molar-refractivity contribution in [1.29, 1.82) is 0 Å². The number of ether oxygens (including phenoxy) is 1. The molecule has 4 aliphatic rings. The summed E-state index contributed by atoms with van der Waals surface area (Å²) in [4.78, 5) is 15.4. The molecule has 6 rings (SSSR count). The summed E-state index contributed by atoms with van der Waals surface area (Å²) >= 11 is 6.29. The Labute approximate surface area is 235 Å². The van der Waals surface area contributed by atoms with Crippen LogP contribution in [0.2, 0.25) is 5.02 Å². The number of fused-ring (bicyclic) bond motifs is 4. The van der Waals surface area contributed by atoms with Crippen LogP contribution in [0, 0.1) is 11.8 Å². The summed E-state index contributed by atoms with van der Waals surface area (Å²) in [5, 5.41) is 10.9. The second-order valence-corrected chi connectivity index (χ2v) is 13.9. The number of nitrogens with one attached hydrogen (secondary N) is 1. The second-order valence-electron chi connectivity index (χ2n) is 11.6. The predicted octanol–water partition coefficient (Wildman–Crippen LogP) is 5.34. The maximum Gasteiger partial charge on any atom is 0.264 e. The molecule has 2 aromatic rings. The van der Waals surface area contributed by atoms with E-state index >= 15 is 0 Å². The van der Waals surface area contributed by atoms with Crippen LogP contribution >= 0.6 is 11.6 Å². The molecule has 208 valence electrons. The number of phenols is 1. The third-order valence-electron chi connectivity index (χ3n) is 9.11. The van der Waals surface area contributed by atoms with Crippen molar-refractivity contribution >= 4 is 33.2 Å². The van der Waals surface area contributed by atoms with Gasteiger partial charge in [-0.05, 0) is 105 Å². The number of anilines is 1. The molecule has 1 spiro atoms. The van der Waals surface area contributed by atoms with Crippen molar-refractivity contribution in [2.45, 2.75) is 56.8 Å². The smallest absolute Gasteiger partial charge is 0.264 e. The van der Waals surface area contributed by atoms with Gasteiger partial charge in [-0.15, -0.1) is 0 Å². The summed E-state index contributed by atoms with van der Waals surface area (Å²) in [7, 11) is -3.75. The highest BCUT2D eigenvalue weighted by molar-refractivity contribution is 7.90. The van der Waals surface area contributed by atoms with Crippen LogP contribution in [0.4, 0.5) is 5.69 Å². The lowest BCUT2D eigenvalue weighted by molar-refractivity contribution is 0.0981. The van der Waals surface area contributed by atoms with E-state index in [0.717, 1.165) is 55.5 Å². The molecule has 0 aromatic heterocycles. The zero-order chi connectivity index (χ0) is 27.2. The number of amides is 1. The minimum absolute atomic E-state index is 0.0821. The van der Waals surface area contributed by atoms with Crippen LogP contribution in [0.1, 0.15) is 66.4 Å². The van der Waals surface area contributed by atoms with Crippen LogP contribution in [-0.2, 0) is 21.9 Å². The highest BCUT2D eigenvalue weighted by Gasteiger charge is 2.43. The Bertz CT molecular complexity index is 1420. The number of hydrogen-bond acceptors (Lipinski definition) is 6. The van der Waals surface area contributed by atoms with Gasteiger partial charge in [0, 0.05) is 24.1 Å². The molecule has 0 radical (unpaired) electrons. The molecule has 2 aliphatic carbocycles. The monoisotopic (exact) mass is 570 g/mol. The van der Waals surface area contributed by atoms with Crippen molar-refractivity contribution in [3.05, 3.63) is 64.2 Å². The average Bonchev–Trinajstić information content (AvgIpc) is 3.03. The molecule has 1 amide bonds. The molecule has 2 aliphatic heterocycles. The summed E-state index contributed by atoms with van der Waals surface area (Å²) in [5.74, 6) is 1.17. The highest BCUT2D eigenvalue weighted by Crippen LogP contribution is 2.47. The van der Waals surface area contributed by atoms with Gasteiger partial charge in [0.2, 0.25) is 10.0 Å². The van der Waals surface area contributed by atoms with Crippen LogP contribution < -0.4 is 14.4 Å². The standard InChI is InChI=1S/C30H35ClN2O5S/c31-25-14-21-7-5-12-30(24(21)16-27(25)34)18-33-17-23-9-8-20(23)6-3-1-2-4-13-39(36,37)32-29(35)22-10-11-28(38-19-30)26(33)15-22/h1-2,10-11,14-16,20,23,34H,3-9,12-13,17-19H2,(H,32,35)/t20-,23+,30+/m1/s1. The number of aryl methyl sites for hydroxylation is 1. The van der Waals surface area contributed by atoms with E-state index in [9.17, 15) is 18.3 Å². The first kappa shape index (κ1) is 26.5. The van der Waals surface area contributed by atoms with Crippen LogP contribution in [-0.4, -0.2) is 44.9 Å². The van der Waals surface area contributed by atoms with Gasteiger partial charge in [0.25, 0.3) is 5.91 Å². The molecular formula is C30H35ClN2O5S. The van der Waals surface area contributed by atoms with Crippen molar-refractivity contribution in [3.8, 4) is 11.5 Å². The Morgan fingerprint density at radius 3 is 2.72 bits per heavy atom. The van der Waals surface area contributed by atoms with Crippen LogP contribution in [0.15, 0.2) is 42.5 Å². The van der Waals surface area contributed by atoms with E-state index in [1.807, 2.05) is 18.2 Å². The molecule has 0 unspecified atom stereocenters. The van der Waals surface area contributed by atoms with Gasteiger partial charge in [-0.2, -0.15) is 0 Å². The first-order valence-electron chi connectivity index (χ1n) is 14.0. The lowest BCUT2D eigenvalue weighted by Gasteiger charge is -2.44. The average molecular weight is 571 g/mol. The lowest BCUT2D eigenvalue weighted by atomic mass is 9.68. The van der Waals surface area contributed by atoms with E-state index in [1.165, 1.54) is 12.8 Å². The van der Waals surface area contributed by atoms with Crippen molar-refractivity contribution in [1.82, 2.24) is 4.72 Å². The van der Waals surface area contributed by atoms with E-state index in [0.29, 0.717) is 47.7 Å². The normalized spacial score (nSPS) is 28.3. The van der Waals surface area contributed by atoms with Crippen molar-refractivity contribution in [2.24, 2.45) is 11.8 Å². The quantitative estimate of drug-likeness (QED) is 0.415. The molecule has 39 heavy (non-hydrogen) atoms. The van der Waals surface area contributed by atoms with E-state index in [1.54, 1.807) is 18.2 Å². The van der Waals surface area contributed by atoms with Gasteiger partial charge >= 0.3 is 0 Å². The number of rotatable bonds is 0. The Hall–Kier alpha value is -2.71. The molecular weight excluding hydrogens is 536 g/mol. The van der Waals surface area contributed by atoms with Crippen molar-refractivity contribution < 1.29 is 23.1 Å². The van der Waals surface area contributed by atoms with E-state index in [-0.39, 0.29) is 16.9 Å². The van der Waals surface area contributed by atoms with Gasteiger partial charge < -0.3 is 14.7 Å². The fourth-order valence-electron chi connectivity index (χ4n) is 6.83. The number of carbonyl (C=O) groups is 1. The fraction of sp³-hybridized carbons (Fsp3) is 0.500. The van der Waals surface area contributed by atoms with E-state index in [2.05, 4.69) is 15.7 Å².